The van der Waals surface area contributed by atoms with E-state index in [-0.39, 0.29) is 17.5 Å². The van der Waals surface area contributed by atoms with Crippen molar-refractivity contribution in [1.29, 1.82) is 0 Å². The molecular formula is C16H21NO5S2. The molecule has 1 aliphatic heterocycles. The lowest BCUT2D eigenvalue weighted by Crippen LogP contribution is -2.44. The van der Waals surface area contributed by atoms with Gasteiger partial charge in [-0.15, -0.1) is 11.8 Å². The lowest BCUT2D eigenvalue weighted by molar-refractivity contribution is -0.140. The number of rotatable bonds is 5. The van der Waals surface area contributed by atoms with Crippen LogP contribution in [0.1, 0.15) is 23.7 Å². The highest BCUT2D eigenvalue weighted by atomic mass is 32.2. The fourth-order valence-electron chi connectivity index (χ4n) is 2.55. The zero-order chi connectivity index (χ0) is 17.9. The number of esters is 1. The van der Waals surface area contributed by atoms with Gasteiger partial charge in [-0.1, -0.05) is 0 Å². The van der Waals surface area contributed by atoms with E-state index in [0.717, 1.165) is 4.90 Å². The number of likely N-dealkylation sites (N-methyl/N-ethyl adjacent to an activating group) is 1. The van der Waals surface area contributed by atoms with Crippen molar-refractivity contribution in [2.45, 2.75) is 30.4 Å². The van der Waals surface area contributed by atoms with E-state index in [0.29, 0.717) is 12.0 Å². The van der Waals surface area contributed by atoms with Crippen LogP contribution in [-0.2, 0) is 19.4 Å². The van der Waals surface area contributed by atoms with Gasteiger partial charge < -0.3 is 9.64 Å². The Kier molecular flexibility index (Phi) is 5.92. The Morgan fingerprint density at radius 3 is 2.42 bits per heavy atom. The van der Waals surface area contributed by atoms with E-state index < -0.39 is 27.8 Å². The Morgan fingerprint density at radius 1 is 1.29 bits per heavy atom. The lowest BCUT2D eigenvalue weighted by atomic mass is 10.2. The minimum Gasteiger partial charge on any atom is -0.449 e. The number of benzene rings is 1. The Labute approximate surface area is 146 Å². The topological polar surface area (TPSA) is 80.8 Å². The van der Waals surface area contributed by atoms with E-state index in [1.165, 1.54) is 11.8 Å². The molecule has 1 amide bonds. The lowest BCUT2D eigenvalue weighted by Gasteiger charge is -2.26. The standard InChI is InChI=1S/C16H21NO5S2/c1-11(15(18)17(2)13-8-9-24(20,21)10-13)22-16(19)12-4-6-14(23-3)7-5-12/h4-7,11,13H,8-10H2,1-3H3/t11-,13+/m0/s1. The minimum absolute atomic E-state index is 0.0357. The molecular weight excluding hydrogens is 350 g/mol. The second-order valence-electron chi connectivity index (χ2n) is 5.78. The van der Waals surface area contributed by atoms with Crippen molar-refractivity contribution in [3.8, 4) is 0 Å². The molecule has 1 aliphatic rings. The Morgan fingerprint density at radius 2 is 1.92 bits per heavy atom. The van der Waals surface area contributed by atoms with Gasteiger partial charge in [0.15, 0.2) is 15.9 Å². The summed E-state index contributed by atoms with van der Waals surface area (Å²) in [6.45, 7) is 1.50. The maximum Gasteiger partial charge on any atom is 0.338 e. The molecule has 0 saturated carbocycles. The second-order valence-corrected chi connectivity index (χ2v) is 8.89. The summed E-state index contributed by atoms with van der Waals surface area (Å²) in [5, 5.41) is 0. The molecule has 132 valence electrons. The highest BCUT2D eigenvalue weighted by molar-refractivity contribution is 7.98. The molecule has 0 spiro atoms. The van der Waals surface area contributed by atoms with Crippen LogP contribution in [0, 0.1) is 0 Å². The van der Waals surface area contributed by atoms with Crippen molar-refractivity contribution >= 4 is 33.5 Å². The third kappa shape index (κ3) is 4.51. The summed E-state index contributed by atoms with van der Waals surface area (Å²) in [4.78, 5) is 26.9. The fourth-order valence-corrected chi connectivity index (χ4v) is 4.74. The molecule has 1 aromatic carbocycles. The van der Waals surface area contributed by atoms with E-state index in [1.807, 2.05) is 18.4 Å². The first-order chi connectivity index (χ1) is 11.2. The van der Waals surface area contributed by atoms with E-state index in [2.05, 4.69) is 0 Å². The van der Waals surface area contributed by atoms with Gasteiger partial charge >= 0.3 is 5.97 Å². The number of carbonyl (C=O) groups is 2. The van der Waals surface area contributed by atoms with Crippen LogP contribution >= 0.6 is 11.8 Å². The summed E-state index contributed by atoms with van der Waals surface area (Å²) in [7, 11) is -1.53. The van der Waals surface area contributed by atoms with Crippen molar-refractivity contribution in [1.82, 2.24) is 4.90 Å². The number of sulfone groups is 1. The van der Waals surface area contributed by atoms with Gasteiger partial charge in [-0.05, 0) is 43.9 Å². The molecule has 0 aliphatic carbocycles. The molecule has 0 unspecified atom stereocenters. The van der Waals surface area contributed by atoms with Gasteiger partial charge in [0.2, 0.25) is 0 Å². The number of carbonyl (C=O) groups excluding carboxylic acids is 2. The van der Waals surface area contributed by atoms with E-state index in [4.69, 9.17) is 4.74 Å². The molecule has 1 heterocycles. The normalized spacial score (nSPS) is 20.4. The number of hydrogen-bond donors (Lipinski definition) is 0. The van der Waals surface area contributed by atoms with E-state index in [1.54, 1.807) is 30.9 Å². The average molecular weight is 371 g/mol. The van der Waals surface area contributed by atoms with Crippen LogP contribution in [0.2, 0.25) is 0 Å². The van der Waals surface area contributed by atoms with Gasteiger partial charge in [0.1, 0.15) is 0 Å². The number of amides is 1. The smallest absolute Gasteiger partial charge is 0.338 e. The summed E-state index contributed by atoms with van der Waals surface area (Å²) < 4.78 is 28.3. The molecule has 2 atom stereocenters. The van der Waals surface area contributed by atoms with Crippen LogP contribution in [-0.4, -0.2) is 62.1 Å². The predicted octanol–water partition coefficient (Wildman–Crippen LogP) is 1.60. The van der Waals surface area contributed by atoms with Crippen molar-refractivity contribution in [2.75, 3.05) is 24.8 Å². The molecule has 1 aromatic rings. The molecule has 8 heteroatoms. The third-order valence-corrected chi connectivity index (χ3v) is 6.55. The number of thioether (sulfide) groups is 1. The first-order valence-electron chi connectivity index (χ1n) is 7.55. The van der Waals surface area contributed by atoms with Gasteiger partial charge in [-0.3, -0.25) is 4.79 Å². The molecule has 0 N–H and O–H groups in total. The SMILES string of the molecule is CSc1ccc(C(=O)O[C@@H](C)C(=O)N(C)[C@@H]2CCS(=O)(=O)C2)cc1. The van der Waals surface area contributed by atoms with Crippen LogP contribution in [0.15, 0.2) is 29.2 Å². The first kappa shape index (κ1) is 18.8. The van der Waals surface area contributed by atoms with E-state index in [9.17, 15) is 18.0 Å². The summed E-state index contributed by atoms with van der Waals surface area (Å²) in [5.74, 6) is -0.917. The summed E-state index contributed by atoms with van der Waals surface area (Å²) in [5.41, 5.74) is 0.374. The first-order valence-corrected chi connectivity index (χ1v) is 10.6. The van der Waals surface area contributed by atoms with Crippen molar-refractivity contribution in [3.05, 3.63) is 29.8 Å². The van der Waals surface area contributed by atoms with Crippen LogP contribution in [0.3, 0.4) is 0 Å². The van der Waals surface area contributed by atoms with Crippen LogP contribution in [0.4, 0.5) is 0 Å². The van der Waals surface area contributed by atoms with Crippen molar-refractivity contribution in [2.24, 2.45) is 0 Å². The van der Waals surface area contributed by atoms with Crippen molar-refractivity contribution in [3.63, 3.8) is 0 Å². The molecule has 0 aromatic heterocycles. The number of nitrogens with zero attached hydrogens (tertiary/aromatic N) is 1. The largest absolute Gasteiger partial charge is 0.449 e. The Balaban J connectivity index is 1.96. The zero-order valence-electron chi connectivity index (χ0n) is 13.9. The summed E-state index contributed by atoms with van der Waals surface area (Å²) in [6, 6.07) is 6.56. The van der Waals surface area contributed by atoms with Crippen LogP contribution < -0.4 is 0 Å². The predicted molar refractivity (Wildman–Crippen MR) is 92.9 cm³/mol. The van der Waals surface area contributed by atoms with Gasteiger partial charge in [0.25, 0.3) is 5.91 Å². The molecule has 0 bridgehead atoms. The van der Waals surface area contributed by atoms with Gasteiger partial charge in [-0.2, -0.15) is 0 Å². The fraction of sp³-hybridized carbons (Fsp3) is 0.500. The quantitative estimate of drug-likeness (QED) is 0.578. The molecule has 24 heavy (non-hydrogen) atoms. The highest BCUT2D eigenvalue weighted by Crippen LogP contribution is 2.19. The minimum atomic E-state index is -3.08. The van der Waals surface area contributed by atoms with E-state index >= 15 is 0 Å². The highest BCUT2D eigenvalue weighted by Gasteiger charge is 2.35. The summed E-state index contributed by atoms with van der Waals surface area (Å²) in [6.07, 6.45) is 1.39. The molecule has 1 fully saturated rings. The zero-order valence-corrected chi connectivity index (χ0v) is 15.5. The molecule has 1 saturated heterocycles. The molecule has 6 nitrogen and oxygen atoms in total. The van der Waals surface area contributed by atoms with Gasteiger partial charge in [-0.25, -0.2) is 13.2 Å². The van der Waals surface area contributed by atoms with Crippen molar-refractivity contribution < 1.29 is 22.7 Å². The Hall–Kier alpha value is -1.54. The molecule has 0 radical (unpaired) electrons. The van der Waals surface area contributed by atoms with Crippen LogP contribution in [0.5, 0.6) is 0 Å². The second kappa shape index (κ2) is 7.57. The van der Waals surface area contributed by atoms with Crippen LogP contribution in [0.25, 0.3) is 0 Å². The number of ether oxygens (including phenoxy) is 1. The maximum absolute atomic E-state index is 12.4. The third-order valence-electron chi connectivity index (χ3n) is 4.06. The monoisotopic (exact) mass is 371 g/mol. The van der Waals surface area contributed by atoms with Gasteiger partial charge in [0, 0.05) is 18.0 Å². The summed E-state index contributed by atoms with van der Waals surface area (Å²) >= 11 is 1.56. The Bertz CT molecular complexity index is 714. The number of hydrogen-bond acceptors (Lipinski definition) is 6. The maximum atomic E-state index is 12.4. The molecule has 2 rings (SSSR count). The average Bonchev–Trinajstić information content (AvgIpc) is 2.93. The van der Waals surface area contributed by atoms with Gasteiger partial charge in [0.05, 0.1) is 17.1 Å².